The summed E-state index contributed by atoms with van der Waals surface area (Å²) in [6.45, 7) is 4.41. The molecule has 0 saturated carbocycles. The van der Waals surface area contributed by atoms with E-state index in [-0.39, 0.29) is 5.69 Å². The summed E-state index contributed by atoms with van der Waals surface area (Å²) >= 11 is 0. The Kier molecular flexibility index (Phi) is 6.77. The highest BCUT2D eigenvalue weighted by Crippen LogP contribution is 2.17. The zero-order valence-corrected chi connectivity index (χ0v) is 13.6. The van der Waals surface area contributed by atoms with E-state index in [9.17, 15) is 10.1 Å². The quantitative estimate of drug-likeness (QED) is 0.201. The van der Waals surface area contributed by atoms with Crippen molar-refractivity contribution in [1.29, 1.82) is 0 Å². The molecule has 2 aromatic rings. The first-order chi connectivity index (χ1) is 11.7. The largest absolute Gasteiger partial charge is 0.494 e. The van der Waals surface area contributed by atoms with E-state index in [2.05, 4.69) is 6.58 Å². The van der Waals surface area contributed by atoms with Crippen molar-refractivity contribution < 1.29 is 9.66 Å². The summed E-state index contributed by atoms with van der Waals surface area (Å²) in [6.07, 6.45) is 8.96. The fourth-order valence-corrected chi connectivity index (χ4v) is 2.16. The molecule has 4 nitrogen and oxygen atoms in total. The smallest absolute Gasteiger partial charge is 0.269 e. The number of nitrogens with zero attached hydrogens (tertiary/aromatic N) is 1. The molecule has 0 aliphatic carbocycles. The van der Waals surface area contributed by atoms with E-state index in [1.54, 1.807) is 12.1 Å². The highest BCUT2D eigenvalue weighted by Gasteiger charge is 2.02. The monoisotopic (exact) mass is 323 g/mol. The summed E-state index contributed by atoms with van der Waals surface area (Å²) in [7, 11) is 0. The van der Waals surface area contributed by atoms with E-state index in [4.69, 9.17) is 4.74 Å². The number of ether oxygens (including phenoxy) is 1. The number of rotatable bonds is 9. The van der Waals surface area contributed by atoms with Gasteiger partial charge in [0.15, 0.2) is 0 Å². The van der Waals surface area contributed by atoms with Crippen LogP contribution in [0, 0.1) is 10.1 Å². The first-order valence-electron chi connectivity index (χ1n) is 7.95. The van der Waals surface area contributed by atoms with Crippen molar-refractivity contribution in [3.8, 4) is 5.75 Å². The van der Waals surface area contributed by atoms with Gasteiger partial charge in [0, 0.05) is 12.1 Å². The second-order valence-corrected chi connectivity index (χ2v) is 5.38. The minimum Gasteiger partial charge on any atom is -0.494 e. The maximum absolute atomic E-state index is 10.6. The molecule has 0 aliphatic heterocycles. The van der Waals surface area contributed by atoms with Crippen LogP contribution in [0.2, 0.25) is 0 Å². The van der Waals surface area contributed by atoms with E-state index < -0.39 is 4.92 Å². The van der Waals surface area contributed by atoms with Crippen LogP contribution in [0.15, 0.2) is 61.2 Å². The Morgan fingerprint density at radius 3 is 2.08 bits per heavy atom. The number of benzene rings is 2. The third kappa shape index (κ3) is 5.72. The molecule has 0 atom stereocenters. The van der Waals surface area contributed by atoms with Gasteiger partial charge in [0.1, 0.15) is 5.75 Å². The van der Waals surface area contributed by atoms with Gasteiger partial charge in [-0.3, -0.25) is 10.1 Å². The van der Waals surface area contributed by atoms with Gasteiger partial charge in [-0.2, -0.15) is 0 Å². The van der Waals surface area contributed by atoms with Gasteiger partial charge in [0.05, 0.1) is 11.5 Å². The maximum Gasteiger partial charge on any atom is 0.269 e. The minimum absolute atomic E-state index is 0.0988. The molecule has 24 heavy (non-hydrogen) atoms. The first-order valence-corrected chi connectivity index (χ1v) is 7.95. The molecular weight excluding hydrogens is 302 g/mol. The second kappa shape index (κ2) is 9.30. The van der Waals surface area contributed by atoms with Crippen molar-refractivity contribution in [3.63, 3.8) is 0 Å². The summed E-state index contributed by atoms with van der Waals surface area (Å²) in [5, 5.41) is 10.6. The lowest BCUT2D eigenvalue weighted by Crippen LogP contribution is -1.96. The van der Waals surface area contributed by atoms with Crippen molar-refractivity contribution in [1.82, 2.24) is 0 Å². The van der Waals surface area contributed by atoms with Gasteiger partial charge >= 0.3 is 0 Å². The summed E-state index contributed by atoms with van der Waals surface area (Å²) < 4.78 is 5.68. The second-order valence-electron chi connectivity index (χ2n) is 5.38. The summed E-state index contributed by atoms with van der Waals surface area (Å²) in [4.78, 5) is 10.2. The standard InChI is InChI=1S/C20H21NO3/c1-2-3-4-5-16-24-20-14-10-18(11-15-20)7-6-17-8-12-19(13-9-17)21(22)23/h2,6-15H,1,3-5,16H2/b7-6-. The molecule has 124 valence electrons. The van der Waals surface area contributed by atoms with Gasteiger partial charge in [0.25, 0.3) is 5.69 Å². The molecule has 0 fully saturated rings. The van der Waals surface area contributed by atoms with Crippen LogP contribution < -0.4 is 4.74 Å². The van der Waals surface area contributed by atoms with Crippen LogP contribution in [0.25, 0.3) is 12.2 Å². The molecule has 0 spiro atoms. The normalized spacial score (nSPS) is 10.7. The summed E-state index contributed by atoms with van der Waals surface area (Å²) in [5.74, 6) is 0.862. The van der Waals surface area contributed by atoms with Crippen LogP contribution in [-0.4, -0.2) is 11.5 Å². The number of unbranched alkanes of at least 4 members (excludes halogenated alkanes) is 2. The lowest BCUT2D eigenvalue weighted by atomic mass is 10.1. The summed E-state index contributed by atoms with van der Waals surface area (Å²) in [6, 6.07) is 14.3. The molecule has 2 aromatic carbocycles. The Labute approximate surface area is 142 Å². The summed E-state index contributed by atoms with van der Waals surface area (Å²) in [5.41, 5.74) is 2.07. The molecular formula is C20H21NO3. The van der Waals surface area contributed by atoms with Gasteiger partial charge in [-0.15, -0.1) is 6.58 Å². The molecule has 0 N–H and O–H groups in total. The molecule has 0 aliphatic rings. The topological polar surface area (TPSA) is 52.4 Å². The molecule has 0 heterocycles. The Morgan fingerprint density at radius 2 is 1.54 bits per heavy atom. The van der Waals surface area contributed by atoms with Crippen molar-refractivity contribution in [3.05, 3.63) is 82.4 Å². The van der Waals surface area contributed by atoms with Gasteiger partial charge < -0.3 is 4.74 Å². The highest BCUT2D eigenvalue weighted by molar-refractivity contribution is 5.70. The Bertz CT molecular complexity index is 688. The van der Waals surface area contributed by atoms with E-state index in [1.165, 1.54) is 12.1 Å². The van der Waals surface area contributed by atoms with Crippen molar-refractivity contribution in [2.24, 2.45) is 0 Å². The zero-order valence-electron chi connectivity index (χ0n) is 13.6. The third-order valence-corrected chi connectivity index (χ3v) is 3.52. The Hall–Kier alpha value is -2.88. The number of hydrogen-bond donors (Lipinski definition) is 0. The van der Waals surface area contributed by atoms with Crippen molar-refractivity contribution in [2.75, 3.05) is 6.61 Å². The van der Waals surface area contributed by atoms with Crippen LogP contribution in [0.1, 0.15) is 30.4 Å². The van der Waals surface area contributed by atoms with E-state index in [0.717, 1.165) is 36.1 Å². The van der Waals surface area contributed by atoms with Crippen molar-refractivity contribution >= 4 is 17.8 Å². The van der Waals surface area contributed by atoms with Crippen LogP contribution in [0.4, 0.5) is 5.69 Å². The van der Waals surface area contributed by atoms with Crippen LogP contribution in [0.5, 0.6) is 5.75 Å². The Balaban J connectivity index is 1.86. The lowest BCUT2D eigenvalue weighted by molar-refractivity contribution is -0.384. The SMILES string of the molecule is C=CCCCCOc1ccc(/C=C\c2ccc([N+](=O)[O-])cc2)cc1. The Morgan fingerprint density at radius 1 is 0.958 bits per heavy atom. The van der Waals surface area contributed by atoms with Gasteiger partial charge in [-0.05, 0) is 54.7 Å². The molecule has 0 bridgehead atoms. The maximum atomic E-state index is 10.6. The molecule has 0 saturated heterocycles. The molecule has 4 heteroatoms. The molecule has 0 radical (unpaired) electrons. The predicted octanol–water partition coefficient (Wildman–Crippen LogP) is 5.50. The molecule has 0 aromatic heterocycles. The van der Waals surface area contributed by atoms with Crippen LogP contribution >= 0.6 is 0 Å². The first kappa shape index (κ1) is 17.5. The number of non-ortho nitro benzene ring substituents is 1. The zero-order chi connectivity index (χ0) is 17.2. The van der Waals surface area contributed by atoms with E-state index in [0.29, 0.717) is 6.61 Å². The molecule has 2 rings (SSSR count). The number of hydrogen-bond acceptors (Lipinski definition) is 3. The van der Waals surface area contributed by atoms with Gasteiger partial charge in [0.2, 0.25) is 0 Å². The van der Waals surface area contributed by atoms with E-state index >= 15 is 0 Å². The fraction of sp³-hybridized carbons (Fsp3) is 0.200. The van der Waals surface area contributed by atoms with E-state index in [1.807, 2.05) is 42.5 Å². The average Bonchev–Trinajstić information content (AvgIpc) is 2.61. The number of nitro benzene ring substituents is 1. The number of allylic oxidation sites excluding steroid dienone is 1. The lowest BCUT2D eigenvalue weighted by Gasteiger charge is -2.05. The van der Waals surface area contributed by atoms with Crippen LogP contribution in [-0.2, 0) is 0 Å². The average molecular weight is 323 g/mol. The minimum atomic E-state index is -0.399. The number of nitro groups is 1. The molecule has 0 amide bonds. The van der Waals surface area contributed by atoms with Crippen LogP contribution in [0.3, 0.4) is 0 Å². The highest BCUT2D eigenvalue weighted by atomic mass is 16.6. The van der Waals surface area contributed by atoms with Crippen molar-refractivity contribution in [2.45, 2.75) is 19.3 Å². The fourth-order valence-electron chi connectivity index (χ4n) is 2.16. The van der Waals surface area contributed by atoms with Gasteiger partial charge in [-0.25, -0.2) is 0 Å². The third-order valence-electron chi connectivity index (χ3n) is 3.52. The van der Waals surface area contributed by atoms with Gasteiger partial charge in [-0.1, -0.05) is 30.4 Å². The molecule has 0 unspecified atom stereocenters. The predicted molar refractivity (Wildman–Crippen MR) is 98.0 cm³/mol.